The normalized spacial score (nSPS) is 24.3. The van der Waals surface area contributed by atoms with Crippen LogP contribution in [0.2, 0.25) is 0 Å². The molecule has 0 unspecified atom stereocenters. The van der Waals surface area contributed by atoms with Crippen LogP contribution in [0.3, 0.4) is 0 Å². The number of hydrogen-bond acceptors (Lipinski definition) is 2. The maximum Gasteiger partial charge on any atom is 0.240 e. The molecule has 0 bridgehead atoms. The Balaban J connectivity index is 1.92. The van der Waals surface area contributed by atoms with Crippen LogP contribution in [0.1, 0.15) is 31.2 Å². The van der Waals surface area contributed by atoms with Crippen molar-refractivity contribution in [1.29, 1.82) is 0 Å². The van der Waals surface area contributed by atoms with Gasteiger partial charge in [0.25, 0.3) is 0 Å². The summed E-state index contributed by atoms with van der Waals surface area (Å²) in [5, 5.41) is 0.268. The summed E-state index contributed by atoms with van der Waals surface area (Å²) in [6, 6.07) is 6.92. The molecule has 0 saturated heterocycles. The minimum absolute atomic E-state index is 0.268. The van der Waals surface area contributed by atoms with E-state index in [2.05, 4.69) is 4.72 Å². The number of nitrogens with one attached hydrogen (secondary N) is 1. The third kappa shape index (κ3) is 4.20. The van der Waals surface area contributed by atoms with Crippen LogP contribution in [0.4, 0.5) is 0 Å². The van der Waals surface area contributed by atoms with Crippen LogP contribution in [0.15, 0.2) is 29.2 Å². The van der Waals surface area contributed by atoms with Crippen molar-refractivity contribution in [3.05, 3.63) is 29.8 Å². The van der Waals surface area contributed by atoms with Gasteiger partial charge in [-0.1, -0.05) is 17.7 Å². The van der Waals surface area contributed by atoms with Gasteiger partial charge in [-0.05, 0) is 50.7 Å². The number of halogens is 1. The minimum atomic E-state index is -3.37. The van der Waals surface area contributed by atoms with Crippen LogP contribution in [-0.2, 0) is 10.0 Å². The van der Waals surface area contributed by atoms with Crippen molar-refractivity contribution >= 4 is 21.6 Å². The second-order valence-corrected chi connectivity index (χ2v) is 7.67. The molecule has 1 aliphatic rings. The summed E-state index contributed by atoms with van der Waals surface area (Å²) in [5.74, 6) is 0.412. The zero-order chi connectivity index (χ0) is 13.9. The zero-order valence-corrected chi connectivity index (χ0v) is 12.7. The fourth-order valence-electron chi connectivity index (χ4n) is 2.35. The lowest BCUT2D eigenvalue weighted by atomic mass is 9.89. The second-order valence-electron chi connectivity index (χ2n) is 5.28. The van der Waals surface area contributed by atoms with E-state index in [1.54, 1.807) is 12.1 Å². The smallest absolute Gasteiger partial charge is 0.211 e. The van der Waals surface area contributed by atoms with E-state index in [1.165, 1.54) is 0 Å². The Morgan fingerprint density at radius 2 is 1.74 bits per heavy atom. The Morgan fingerprint density at radius 1 is 1.16 bits per heavy atom. The van der Waals surface area contributed by atoms with E-state index in [4.69, 9.17) is 11.6 Å². The first-order valence-corrected chi connectivity index (χ1v) is 8.60. The molecule has 1 fully saturated rings. The number of aryl methyl sites for hydroxylation is 1. The molecule has 0 aromatic heterocycles. The van der Waals surface area contributed by atoms with E-state index in [0.717, 1.165) is 31.2 Å². The molecule has 0 radical (unpaired) electrons. The molecule has 19 heavy (non-hydrogen) atoms. The molecule has 1 aliphatic carbocycles. The lowest BCUT2D eigenvalue weighted by Crippen LogP contribution is -2.31. The van der Waals surface area contributed by atoms with Crippen molar-refractivity contribution in [2.75, 3.05) is 6.54 Å². The molecule has 106 valence electrons. The topological polar surface area (TPSA) is 46.2 Å². The van der Waals surface area contributed by atoms with Gasteiger partial charge < -0.3 is 0 Å². The number of hydrogen-bond donors (Lipinski definition) is 1. The highest BCUT2D eigenvalue weighted by atomic mass is 35.5. The van der Waals surface area contributed by atoms with Crippen LogP contribution in [0, 0.1) is 12.8 Å². The summed E-state index contributed by atoms with van der Waals surface area (Å²) < 4.78 is 26.9. The maximum atomic E-state index is 12.1. The molecular formula is C14H20ClNO2S. The van der Waals surface area contributed by atoms with E-state index in [-0.39, 0.29) is 5.38 Å². The SMILES string of the molecule is Cc1ccc(S(=O)(=O)NCC2CCC(Cl)CC2)cc1. The van der Waals surface area contributed by atoms with Crippen molar-refractivity contribution < 1.29 is 8.42 Å². The molecule has 0 aliphatic heterocycles. The van der Waals surface area contributed by atoms with Gasteiger partial charge in [-0.15, -0.1) is 11.6 Å². The first-order chi connectivity index (χ1) is 8.97. The lowest BCUT2D eigenvalue weighted by molar-refractivity contribution is 0.361. The highest BCUT2D eigenvalue weighted by Crippen LogP contribution is 2.27. The summed E-state index contributed by atoms with van der Waals surface area (Å²) in [5.41, 5.74) is 1.05. The standard InChI is InChI=1S/C14H20ClNO2S/c1-11-2-8-14(9-3-11)19(17,18)16-10-12-4-6-13(15)7-5-12/h2-3,8-9,12-13,16H,4-7,10H2,1H3. The molecule has 1 saturated carbocycles. The van der Waals surface area contributed by atoms with Gasteiger partial charge in [-0.2, -0.15) is 0 Å². The number of rotatable bonds is 4. The average molecular weight is 302 g/mol. The Labute approximate surface area is 120 Å². The van der Waals surface area contributed by atoms with E-state index in [9.17, 15) is 8.42 Å². The van der Waals surface area contributed by atoms with Crippen molar-refractivity contribution in [2.24, 2.45) is 5.92 Å². The molecule has 0 atom stereocenters. The van der Waals surface area contributed by atoms with Crippen molar-refractivity contribution in [3.8, 4) is 0 Å². The molecule has 0 heterocycles. The largest absolute Gasteiger partial charge is 0.240 e. The maximum absolute atomic E-state index is 12.1. The van der Waals surface area contributed by atoms with Crippen LogP contribution in [0.5, 0.6) is 0 Å². The van der Waals surface area contributed by atoms with Gasteiger partial charge in [0.05, 0.1) is 4.90 Å². The summed E-state index contributed by atoms with van der Waals surface area (Å²) in [7, 11) is -3.37. The predicted molar refractivity (Wildman–Crippen MR) is 78.0 cm³/mol. The fourth-order valence-corrected chi connectivity index (χ4v) is 3.72. The van der Waals surface area contributed by atoms with Gasteiger partial charge in [0, 0.05) is 11.9 Å². The molecule has 1 N–H and O–H groups in total. The second kappa shape index (κ2) is 6.25. The molecule has 1 aromatic carbocycles. The molecular weight excluding hydrogens is 282 g/mol. The third-order valence-corrected chi connectivity index (χ3v) is 5.55. The zero-order valence-electron chi connectivity index (χ0n) is 11.1. The number of benzene rings is 1. The van der Waals surface area contributed by atoms with Gasteiger partial charge >= 0.3 is 0 Å². The first kappa shape index (κ1) is 14.8. The number of sulfonamides is 1. The van der Waals surface area contributed by atoms with Crippen LogP contribution < -0.4 is 4.72 Å². The highest BCUT2D eigenvalue weighted by Gasteiger charge is 2.21. The van der Waals surface area contributed by atoms with Crippen molar-refractivity contribution in [3.63, 3.8) is 0 Å². The average Bonchev–Trinajstić information content (AvgIpc) is 2.39. The molecule has 2 rings (SSSR count). The van der Waals surface area contributed by atoms with Crippen LogP contribution >= 0.6 is 11.6 Å². The van der Waals surface area contributed by atoms with Crippen LogP contribution in [0.25, 0.3) is 0 Å². The Bertz CT molecular complexity index is 505. The van der Waals surface area contributed by atoms with Gasteiger partial charge in [-0.25, -0.2) is 13.1 Å². The first-order valence-electron chi connectivity index (χ1n) is 6.68. The molecule has 1 aromatic rings. The van der Waals surface area contributed by atoms with E-state index >= 15 is 0 Å². The summed E-state index contributed by atoms with van der Waals surface area (Å²) in [6.07, 6.45) is 3.98. The Hall–Kier alpha value is -0.580. The molecule has 0 amide bonds. The van der Waals surface area contributed by atoms with Gasteiger partial charge in [0.1, 0.15) is 0 Å². The number of alkyl halides is 1. The summed E-state index contributed by atoms with van der Waals surface area (Å²) in [6.45, 7) is 2.45. The lowest BCUT2D eigenvalue weighted by Gasteiger charge is -2.25. The van der Waals surface area contributed by atoms with Crippen LogP contribution in [-0.4, -0.2) is 20.3 Å². The third-order valence-electron chi connectivity index (χ3n) is 3.67. The van der Waals surface area contributed by atoms with E-state index in [1.807, 2.05) is 19.1 Å². The molecule has 0 spiro atoms. The van der Waals surface area contributed by atoms with Gasteiger partial charge in [0.2, 0.25) is 10.0 Å². The highest BCUT2D eigenvalue weighted by molar-refractivity contribution is 7.89. The Morgan fingerprint density at radius 3 is 2.32 bits per heavy atom. The Kier molecular flexibility index (Phi) is 4.87. The van der Waals surface area contributed by atoms with Crippen molar-refractivity contribution in [1.82, 2.24) is 4.72 Å². The van der Waals surface area contributed by atoms with Gasteiger partial charge in [0.15, 0.2) is 0 Å². The van der Waals surface area contributed by atoms with Crippen molar-refractivity contribution in [2.45, 2.75) is 42.9 Å². The molecule has 3 nitrogen and oxygen atoms in total. The van der Waals surface area contributed by atoms with E-state index < -0.39 is 10.0 Å². The quantitative estimate of drug-likeness (QED) is 0.869. The monoisotopic (exact) mass is 301 g/mol. The summed E-state index contributed by atoms with van der Waals surface area (Å²) >= 11 is 6.04. The molecule has 5 heteroatoms. The predicted octanol–water partition coefficient (Wildman–Crippen LogP) is 3.07. The minimum Gasteiger partial charge on any atom is -0.211 e. The summed E-state index contributed by atoms with van der Waals surface area (Å²) in [4.78, 5) is 0.337. The van der Waals surface area contributed by atoms with E-state index in [0.29, 0.717) is 17.4 Å². The van der Waals surface area contributed by atoms with Gasteiger partial charge in [-0.3, -0.25) is 0 Å². The fraction of sp³-hybridized carbons (Fsp3) is 0.571.